The minimum Gasteiger partial charge on any atom is -0.353 e. The number of piperidine rings is 1. The molecule has 2 fully saturated rings. The molecule has 3 heterocycles. The number of rotatable bonds is 2. The Kier molecular flexibility index (Phi) is 4.39. The van der Waals surface area contributed by atoms with E-state index < -0.39 is 0 Å². The third kappa shape index (κ3) is 3.35. The van der Waals surface area contributed by atoms with Gasteiger partial charge in [-0.05, 0) is 38.6 Å². The van der Waals surface area contributed by atoms with Crippen molar-refractivity contribution in [3.05, 3.63) is 24.4 Å². The van der Waals surface area contributed by atoms with Crippen molar-refractivity contribution in [3.63, 3.8) is 0 Å². The number of likely N-dealkylation sites (tertiary alicyclic amines) is 1. The van der Waals surface area contributed by atoms with Gasteiger partial charge in [-0.25, -0.2) is 4.98 Å². The fourth-order valence-electron chi connectivity index (χ4n) is 3.32. The second kappa shape index (κ2) is 6.43. The molecule has 0 aliphatic carbocycles. The quantitative estimate of drug-likeness (QED) is 0.816. The van der Waals surface area contributed by atoms with Crippen LogP contribution in [0.2, 0.25) is 0 Å². The first kappa shape index (κ1) is 14.3. The number of nitrogens with zero attached hydrogens (tertiary/aromatic N) is 4. The number of amides is 1. The zero-order valence-electron chi connectivity index (χ0n) is 12.7. The molecule has 1 aromatic heterocycles. The van der Waals surface area contributed by atoms with Crippen LogP contribution in [-0.2, 0) is 4.79 Å². The van der Waals surface area contributed by atoms with E-state index in [0.29, 0.717) is 5.91 Å². The van der Waals surface area contributed by atoms with E-state index in [-0.39, 0.29) is 5.92 Å². The van der Waals surface area contributed by atoms with Gasteiger partial charge in [-0.3, -0.25) is 4.79 Å². The van der Waals surface area contributed by atoms with Crippen molar-refractivity contribution in [2.75, 3.05) is 51.2 Å². The summed E-state index contributed by atoms with van der Waals surface area (Å²) in [6.45, 7) is 5.43. The minimum atomic E-state index is 0.199. The summed E-state index contributed by atoms with van der Waals surface area (Å²) >= 11 is 0. The number of hydrogen-bond donors (Lipinski definition) is 0. The third-order valence-electron chi connectivity index (χ3n) is 4.54. The molecule has 5 nitrogen and oxygen atoms in total. The van der Waals surface area contributed by atoms with Gasteiger partial charge in [0, 0.05) is 38.9 Å². The number of anilines is 1. The van der Waals surface area contributed by atoms with Crippen molar-refractivity contribution in [3.8, 4) is 0 Å². The zero-order chi connectivity index (χ0) is 14.7. The number of aromatic nitrogens is 1. The van der Waals surface area contributed by atoms with Gasteiger partial charge in [-0.15, -0.1) is 0 Å². The van der Waals surface area contributed by atoms with Gasteiger partial charge in [0.25, 0.3) is 0 Å². The molecule has 1 unspecified atom stereocenters. The van der Waals surface area contributed by atoms with Crippen LogP contribution < -0.4 is 4.90 Å². The van der Waals surface area contributed by atoms with Crippen LogP contribution in [0.5, 0.6) is 0 Å². The lowest BCUT2D eigenvalue weighted by atomic mass is 9.96. The Morgan fingerprint density at radius 3 is 2.67 bits per heavy atom. The molecule has 2 aliphatic heterocycles. The molecule has 1 atom stereocenters. The summed E-state index contributed by atoms with van der Waals surface area (Å²) in [5, 5.41) is 0. The van der Waals surface area contributed by atoms with Crippen LogP contribution in [-0.4, -0.2) is 67.0 Å². The first-order valence-corrected chi connectivity index (χ1v) is 7.87. The first-order chi connectivity index (χ1) is 10.2. The maximum atomic E-state index is 12.6. The largest absolute Gasteiger partial charge is 0.353 e. The maximum Gasteiger partial charge on any atom is 0.227 e. The highest BCUT2D eigenvalue weighted by molar-refractivity contribution is 5.79. The topological polar surface area (TPSA) is 39.7 Å². The molecule has 21 heavy (non-hydrogen) atoms. The van der Waals surface area contributed by atoms with Gasteiger partial charge in [-0.2, -0.15) is 0 Å². The number of carbonyl (C=O) groups excluding carboxylic acids is 1. The molecular formula is C16H24N4O. The Morgan fingerprint density at radius 1 is 1.19 bits per heavy atom. The zero-order valence-corrected chi connectivity index (χ0v) is 12.7. The van der Waals surface area contributed by atoms with E-state index in [1.165, 1.54) is 0 Å². The number of hydrogen-bond acceptors (Lipinski definition) is 4. The molecule has 0 N–H and O–H groups in total. The summed E-state index contributed by atoms with van der Waals surface area (Å²) in [4.78, 5) is 23.6. The van der Waals surface area contributed by atoms with E-state index in [1.807, 2.05) is 29.3 Å². The van der Waals surface area contributed by atoms with Gasteiger partial charge in [0.05, 0.1) is 5.92 Å². The van der Waals surface area contributed by atoms with E-state index in [1.54, 1.807) is 0 Å². The van der Waals surface area contributed by atoms with Crippen LogP contribution in [0.1, 0.15) is 12.8 Å². The van der Waals surface area contributed by atoms with Gasteiger partial charge in [0.1, 0.15) is 5.82 Å². The Morgan fingerprint density at radius 2 is 2.00 bits per heavy atom. The van der Waals surface area contributed by atoms with E-state index in [9.17, 15) is 4.79 Å². The molecule has 2 aliphatic rings. The highest BCUT2D eigenvalue weighted by Crippen LogP contribution is 2.19. The van der Waals surface area contributed by atoms with E-state index in [4.69, 9.17) is 0 Å². The van der Waals surface area contributed by atoms with Crippen molar-refractivity contribution < 1.29 is 4.79 Å². The standard InChI is InChI=1S/C16H24N4O/c1-18-8-4-5-14(13-18)16(21)20-11-9-19(10-12-20)15-6-2-3-7-17-15/h2-3,6-7,14H,4-5,8-13H2,1H3. The van der Waals surface area contributed by atoms with Crippen molar-refractivity contribution in [1.82, 2.24) is 14.8 Å². The van der Waals surface area contributed by atoms with Crippen LogP contribution in [0.4, 0.5) is 5.82 Å². The summed E-state index contributed by atoms with van der Waals surface area (Å²) in [6.07, 6.45) is 4.01. The summed E-state index contributed by atoms with van der Waals surface area (Å²) in [5.74, 6) is 1.56. The molecule has 1 aromatic rings. The van der Waals surface area contributed by atoms with Crippen molar-refractivity contribution in [2.45, 2.75) is 12.8 Å². The van der Waals surface area contributed by atoms with Gasteiger partial charge >= 0.3 is 0 Å². The molecule has 0 aromatic carbocycles. The van der Waals surface area contributed by atoms with Crippen molar-refractivity contribution in [1.29, 1.82) is 0 Å². The average molecular weight is 288 g/mol. The normalized spacial score (nSPS) is 24.1. The van der Waals surface area contributed by atoms with Gasteiger partial charge < -0.3 is 14.7 Å². The van der Waals surface area contributed by atoms with Crippen LogP contribution in [0, 0.1) is 5.92 Å². The van der Waals surface area contributed by atoms with Crippen LogP contribution in [0.3, 0.4) is 0 Å². The van der Waals surface area contributed by atoms with Gasteiger partial charge in [0.2, 0.25) is 5.91 Å². The molecule has 114 valence electrons. The first-order valence-electron chi connectivity index (χ1n) is 7.87. The fourth-order valence-corrected chi connectivity index (χ4v) is 3.32. The van der Waals surface area contributed by atoms with Crippen LogP contribution in [0.25, 0.3) is 0 Å². The Balaban J connectivity index is 1.54. The van der Waals surface area contributed by atoms with E-state index in [0.717, 1.165) is 57.9 Å². The monoisotopic (exact) mass is 288 g/mol. The highest BCUT2D eigenvalue weighted by Gasteiger charge is 2.30. The van der Waals surface area contributed by atoms with Crippen LogP contribution in [0.15, 0.2) is 24.4 Å². The number of carbonyl (C=O) groups is 1. The Hall–Kier alpha value is -1.62. The van der Waals surface area contributed by atoms with E-state index in [2.05, 4.69) is 21.8 Å². The SMILES string of the molecule is CN1CCCC(C(=O)N2CCN(c3ccccn3)CC2)C1. The smallest absolute Gasteiger partial charge is 0.227 e. The third-order valence-corrected chi connectivity index (χ3v) is 4.54. The minimum absolute atomic E-state index is 0.199. The van der Waals surface area contributed by atoms with E-state index >= 15 is 0 Å². The molecule has 0 radical (unpaired) electrons. The molecule has 5 heteroatoms. The molecule has 3 rings (SSSR count). The van der Waals surface area contributed by atoms with Gasteiger partial charge in [-0.1, -0.05) is 6.07 Å². The second-order valence-electron chi connectivity index (χ2n) is 6.10. The van der Waals surface area contributed by atoms with Crippen molar-refractivity contribution in [2.24, 2.45) is 5.92 Å². The highest BCUT2D eigenvalue weighted by atomic mass is 16.2. The maximum absolute atomic E-state index is 12.6. The summed E-state index contributed by atoms with van der Waals surface area (Å²) < 4.78 is 0. The van der Waals surface area contributed by atoms with Crippen molar-refractivity contribution >= 4 is 11.7 Å². The molecule has 0 spiro atoms. The molecule has 0 bridgehead atoms. The second-order valence-corrected chi connectivity index (χ2v) is 6.10. The Labute approximate surface area is 126 Å². The molecule has 1 amide bonds. The number of piperazine rings is 1. The number of pyridine rings is 1. The summed E-state index contributed by atoms with van der Waals surface area (Å²) in [6, 6.07) is 5.98. The predicted molar refractivity (Wildman–Crippen MR) is 83.3 cm³/mol. The average Bonchev–Trinajstić information content (AvgIpc) is 2.55. The predicted octanol–water partition coefficient (Wildman–Crippen LogP) is 1.07. The lowest BCUT2D eigenvalue weighted by Gasteiger charge is -2.38. The molecule has 0 saturated carbocycles. The fraction of sp³-hybridized carbons (Fsp3) is 0.625. The summed E-state index contributed by atoms with van der Waals surface area (Å²) in [5.41, 5.74) is 0. The molecule has 2 saturated heterocycles. The lowest BCUT2D eigenvalue weighted by Crippen LogP contribution is -2.52. The van der Waals surface area contributed by atoms with Gasteiger partial charge in [0.15, 0.2) is 0 Å². The van der Waals surface area contributed by atoms with Crippen LogP contribution >= 0.6 is 0 Å². The summed E-state index contributed by atoms with van der Waals surface area (Å²) in [7, 11) is 2.11. The Bertz CT molecular complexity index is 470. The molecular weight excluding hydrogens is 264 g/mol. The lowest BCUT2D eigenvalue weighted by molar-refractivity contribution is -0.137.